The third kappa shape index (κ3) is 4.49. The molecule has 150 valence electrons. The molecule has 0 spiro atoms. The van der Waals surface area contributed by atoms with E-state index in [4.69, 9.17) is 11.6 Å². The summed E-state index contributed by atoms with van der Waals surface area (Å²) in [6.07, 6.45) is 1.41. The van der Waals surface area contributed by atoms with Crippen molar-refractivity contribution in [2.75, 3.05) is 5.32 Å². The number of aryl methyl sites for hydroxylation is 2. The van der Waals surface area contributed by atoms with Crippen molar-refractivity contribution in [2.45, 2.75) is 26.7 Å². The first-order chi connectivity index (χ1) is 13.8. The number of benzene rings is 1. The third-order valence-electron chi connectivity index (χ3n) is 3.96. The minimum Gasteiger partial charge on any atom is -0.306 e. The molecule has 3 aromatic rings. The molecule has 0 atom stereocenters. The Morgan fingerprint density at radius 3 is 2.79 bits per heavy atom. The number of nitro groups is 1. The molecule has 10 nitrogen and oxygen atoms in total. The fraction of sp³-hybridized carbons (Fsp3) is 0.222. The zero-order valence-corrected chi connectivity index (χ0v) is 16.4. The summed E-state index contributed by atoms with van der Waals surface area (Å²) in [6.45, 7) is 3.66. The van der Waals surface area contributed by atoms with Gasteiger partial charge in [-0.2, -0.15) is 9.78 Å². The summed E-state index contributed by atoms with van der Waals surface area (Å²) in [4.78, 5) is 42.2. The number of aromatic amines is 1. The summed E-state index contributed by atoms with van der Waals surface area (Å²) in [5.74, 6) is -0.420. The van der Waals surface area contributed by atoms with Gasteiger partial charge in [-0.3, -0.25) is 24.7 Å². The van der Waals surface area contributed by atoms with Gasteiger partial charge in [0.15, 0.2) is 0 Å². The van der Waals surface area contributed by atoms with Gasteiger partial charge in [-0.1, -0.05) is 24.9 Å². The average molecular weight is 417 g/mol. The van der Waals surface area contributed by atoms with Crippen LogP contribution in [0.15, 0.2) is 35.1 Å². The van der Waals surface area contributed by atoms with E-state index >= 15 is 0 Å². The Kier molecular flexibility index (Phi) is 5.74. The van der Waals surface area contributed by atoms with Crippen molar-refractivity contribution in [3.8, 4) is 5.95 Å². The molecule has 0 bridgehead atoms. The summed E-state index contributed by atoms with van der Waals surface area (Å²) in [6, 6.07) is 6.66. The number of hydrogen-bond donors (Lipinski definition) is 2. The molecule has 0 aliphatic carbocycles. The first-order valence-corrected chi connectivity index (χ1v) is 9.09. The lowest BCUT2D eigenvalue weighted by Gasteiger charge is -2.09. The zero-order valence-electron chi connectivity index (χ0n) is 15.6. The molecule has 11 heteroatoms. The summed E-state index contributed by atoms with van der Waals surface area (Å²) < 4.78 is 1.27. The highest BCUT2D eigenvalue weighted by Crippen LogP contribution is 2.24. The highest BCUT2D eigenvalue weighted by molar-refractivity contribution is 6.31. The SMILES string of the molecule is CCCc1cc(=O)[nH]c(-n2nc(C)cc2NC(=O)c2cc(Cl)ccc2[N+](=O)[O-])n1. The van der Waals surface area contributed by atoms with Gasteiger partial charge in [0.2, 0.25) is 5.95 Å². The number of halogens is 1. The average Bonchev–Trinajstić information content (AvgIpc) is 3.01. The van der Waals surface area contributed by atoms with Crippen LogP contribution in [0.5, 0.6) is 0 Å². The van der Waals surface area contributed by atoms with Crippen LogP contribution in [0.25, 0.3) is 5.95 Å². The molecule has 1 amide bonds. The number of nitrogens with zero attached hydrogens (tertiary/aromatic N) is 4. The van der Waals surface area contributed by atoms with Gasteiger partial charge >= 0.3 is 0 Å². The van der Waals surface area contributed by atoms with Gasteiger partial charge in [0, 0.05) is 28.9 Å². The van der Waals surface area contributed by atoms with Crippen LogP contribution in [0.4, 0.5) is 11.5 Å². The zero-order chi connectivity index (χ0) is 21.1. The standard InChI is InChI=1S/C18H17ClN6O4/c1-3-4-12-9-16(26)22-18(20-12)24-15(7-10(2)23-24)21-17(27)13-8-11(19)5-6-14(13)25(28)29/h5-9H,3-4H2,1-2H3,(H,21,27)(H,20,22,26). The molecule has 2 N–H and O–H groups in total. The number of anilines is 1. The molecular weight excluding hydrogens is 400 g/mol. The summed E-state index contributed by atoms with van der Waals surface area (Å²) >= 11 is 5.89. The van der Waals surface area contributed by atoms with Crippen LogP contribution in [0, 0.1) is 17.0 Å². The molecule has 0 aliphatic heterocycles. The Bertz CT molecular complexity index is 1150. The number of rotatable bonds is 6. The molecule has 0 saturated heterocycles. The first kappa shape index (κ1) is 20.2. The van der Waals surface area contributed by atoms with Crippen LogP contribution in [0.1, 0.15) is 35.1 Å². The second-order valence-corrected chi connectivity index (χ2v) is 6.70. The maximum atomic E-state index is 12.7. The normalized spacial score (nSPS) is 10.7. The number of carbonyl (C=O) groups is 1. The van der Waals surface area contributed by atoms with Gasteiger partial charge in [-0.05, 0) is 25.5 Å². The van der Waals surface area contributed by atoms with Gasteiger partial charge in [0.25, 0.3) is 17.2 Å². The van der Waals surface area contributed by atoms with Gasteiger partial charge in [0.1, 0.15) is 11.4 Å². The fourth-order valence-electron chi connectivity index (χ4n) is 2.76. The van der Waals surface area contributed by atoms with Crippen LogP contribution >= 0.6 is 11.6 Å². The van der Waals surface area contributed by atoms with E-state index in [1.54, 1.807) is 13.0 Å². The van der Waals surface area contributed by atoms with Crippen molar-refractivity contribution >= 4 is 29.0 Å². The third-order valence-corrected chi connectivity index (χ3v) is 4.20. The summed E-state index contributed by atoms with van der Waals surface area (Å²) in [7, 11) is 0. The number of hydrogen-bond acceptors (Lipinski definition) is 6. The molecule has 1 aromatic carbocycles. The highest BCUT2D eigenvalue weighted by atomic mass is 35.5. The maximum absolute atomic E-state index is 12.7. The number of amides is 1. The lowest BCUT2D eigenvalue weighted by atomic mass is 10.1. The van der Waals surface area contributed by atoms with Crippen molar-refractivity contribution in [3.05, 3.63) is 72.8 Å². The molecule has 3 rings (SSSR count). The lowest BCUT2D eigenvalue weighted by Crippen LogP contribution is -2.20. The monoisotopic (exact) mass is 416 g/mol. The van der Waals surface area contributed by atoms with Crippen LogP contribution in [0.2, 0.25) is 5.02 Å². The number of nitro benzene ring substituents is 1. The van der Waals surface area contributed by atoms with E-state index in [1.165, 1.54) is 22.9 Å². The van der Waals surface area contributed by atoms with Crippen LogP contribution in [-0.2, 0) is 6.42 Å². The van der Waals surface area contributed by atoms with Crippen molar-refractivity contribution in [1.29, 1.82) is 0 Å². The molecule has 29 heavy (non-hydrogen) atoms. The van der Waals surface area contributed by atoms with Crippen LogP contribution in [0.3, 0.4) is 0 Å². The number of carbonyl (C=O) groups excluding carboxylic acids is 1. The van der Waals surface area contributed by atoms with E-state index in [9.17, 15) is 19.7 Å². The molecular formula is C18H17ClN6O4. The Balaban J connectivity index is 2.01. The minimum absolute atomic E-state index is 0.130. The van der Waals surface area contributed by atoms with Crippen molar-refractivity contribution in [1.82, 2.24) is 19.7 Å². The van der Waals surface area contributed by atoms with Crippen molar-refractivity contribution in [2.24, 2.45) is 0 Å². The predicted octanol–water partition coefficient (Wildman–Crippen LogP) is 3.03. The van der Waals surface area contributed by atoms with E-state index in [2.05, 4.69) is 20.4 Å². The fourth-order valence-corrected chi connectivity index (χ4v) is 2.93. The maximum Gasteiger partial charge on any atom is 0.282 e. The first-order valence-electron chi connectivity index (χ1n) is 8.71. The molecule has 0 radical (unpaired) electrons. The van der Waals surface area contributed by atoms with E-state index in [-0.39, 0.29) is 33.6 Å². The lowest BCUT2D eigenvalue weighted by molar-refractivity contribution is -0.385. The van der Waals surface area contributed by atoms with Crippen molar-refractivity contribution < 1.29 is 9.72 Å². The van der Waals surface area contributed by atoms with E-state index in [0.717, 1.165) is 12.5 Å². The predicted molar refractivity (Wildman–Crippen MR) is 107 cm³/mol. The van der Waals surface area contributed by atoms with Crippen molar-refractivity contribution in [3.63, 3.8) is 0 Å². The second-order valence-electron chi connectivity index (χ2n) is 6.27. The van der Waals surface area contributed by atoms with E-state index in [0.29, 0.717) is 17.8 Å². The largest absolute Gasteiger partial charge is 0.306 e. The highest BCUT2D eigenvalue weighted by Gasteiger charge is 2.22. The second kappa shape index (κ2) is 8.23. The summed E-state index contributed by atoms with van der Waals surface area (Å²) in [5.41, 5.74) is 0.196. The van der Waals surface area contributed by atoms with Gasteiger partial charge in [0.05, 0.1) is 10.6 Å². The topological polar surface area (TPSA) is 136 Å². The molecule has 0 unspecified atom stereocenters. The van der Waals surface area contributed by atoms with E-state index in [1.807, 2.05) is 6.92 Å². The molecule has 0 saturated carbocycles. The number of aromatic nitrogens is 4. The number of H-pyrrole nitrogens is 1. The molecule has 0 fully saturated rings. The van der Waals surface area contributed by atoms with E-state index < -0.39 is 10.8 Å². The van der Waals surface area contributed by atoms with Gasteiger partial charge in [-0.15, -0.1) is 0 Å². The minimum atomic E-state index is -0.743. The molecule has 2 heterocycles. The Labute approximate surface area is 169 Å². The Morgan fingerprint density at radius 2 is 2.10 bits per heavy atom. The van der Waals surface area contributed by atoms with Crippen LogP contribution in [-0.4, -0.2) is 30.6 Å². The van der Waals surface area contributed by atoms with Gasteiger partial charge in [-0.25, -0.2) is 4.98 Å². The van der Waals surface area contributed by atoms with Gasteiger partial charge < -0.3 is 5.32 Å². The smallest absolute Gasteiger partial charge is 0.282 e. The summed E-state index contributed by atoms with van der Waals surface area (Å²) in [5, 5.41) is 18.2. The molecule has 2 aromatic heterocycles. The van der Waals surface area contributed by atoms with Crippen LogP contribution < -0.4 is 10.9 Å². The molecule has 0 aliphatic rings. The Hall–Kier alpha value is -3.53. The number of nitrogens with one attached hydrogen (secondary N) is 2. The quantitative estimate of drug-likeness (QED) is 0.468. The Morgan fingerprint density at radius 1 is 1.34 bits per heavy atom.